The first-order valence-corrected chi connectivity index (χ1v) is 7.19. The highest BCUT2D eigenvalue weighted by Crippen LogP contribution is 2.27. The second-order valence-electron chi connectivity index (χ2n) is 5.60. The highest BCUT2D eigenvalue weighted by Gasteiger charge is 2.35. The maximum atomic E-state index is 12.0. The molecule has 19 heavy (non-hydrogen) atoms. The van der Waals surface area contributed by atoms with E-state index in [1.54, 1.807) is 0 Å². The Labute approximate surface area is 113 Å². The van der Waals surface area contributed by atoms with Crippen molar-refractivity contribution in [3.63, 3.8) is 0 Å². The number of nitrogens with zero attached hydrogens (tertiary/aromatic N) is 2. The molecular formula is C13H21N3O3. The summed E-state index contributed by atoms with van der Waals surface area (Å²) in [5, 5.41) is 3.11. The first-order chi connectivity index (χ1) is 9.24. The molecule has 0 spiro atoms. The van der Waals surface area contributed by atoms with Gasteiger partial charge in [-0.3, -0.25) is 14.6 Å². The van der Waals surface area contributed by atoms with Crippen LogP contribution in [0, 0.1) is 0 Å². The van der Waals surface area contributed by atoms with E-state index in [4.69, 9.17) is 4.74 Å². The van der Waals surface area contributed by atoms with E-state index in [1.807, 2.05) is 0 Å². The Morgan fingerprint density at radius 3 is 2.79 bits per heavy atom. The van der Waals surface area contributed by atoms with Gasteiger partial charge in [-0.1, -0.05) is 0 Å². The van der Waals surface area contributed by atoms with Crippen LogP contribution in [0.1, 0.15) is 25.7 Å². The zero-order valence-electron chi connectivity index (χ0n) is 11.1. The second-order valence-corrected chi connectivity index (χ2v) is 5.60. The molecule has 6 nitrogen and oxygen atoms in total. The molecule has 0 aromatic rings. The Morgan fingerprint density at radius 2 is 2.05 bits per heavy atom. The van der Waals surface area contributed by atoms with E-state index in [0.717, 1.165) is 25.9 Å². The number of hydrogen-bond acceptors (Lipinski definition) is 4. The molecule has 2 atom stereocenters. The minimum absolute atomic E-state index is 0.0578. The zero-order valence-corrected chi connectivity index (χ0v) is 11.1. The monoisotopic (exact) mass is 267 g/mol. The molecule has 3 fully saturated rings. The van der Waals surface area contributed by atoms with Crippen molar-refractivity contribution >= 4 is 12.0 Å². The van der Waals surface area contributed by atoms with E-state index < -0.39 is 0 Å². The van der Waals surface area contributed by atoms with Crippen LogP contribution in [0.25, 0.3) is 0 Å². The molecule has 106 valence electrons. The fourth-order valence-electron chi connectivity index (χ4n) is 3.46. The summed E-state index contributed by atoms with van der Waals surface area (Å²) in [7, 11) is 0. The Hall–Kier alpha value is -1.30. The summed E-state index contributed by atoms with van der Waals surface area (Å²) in [5.41, 5.74) is 0. The Morgan fingerprint density at radius 1 is 1.26 bits per heavy atom. The average Bonchev–Trinajstić information content (AvgIpc) is 3.00. The minimum Gasteiger partial charge on any atom is -0.448 e. The number of amides is 2. The first kappa shape index (κ1) is 12.7. The summed E-state index contributed by atoms with van der Waals surface area (Å²) >= 11 is 0. The third kappa shape index (κ3) is 2.68. The summed E-state index contributed by atoms with van der Waals surface area (Å²) in [6, 6.07) is 0.755. The molecule has 0 radical (unpaired) electrons. The zero-order chi connectivity index (χ0) is 13.2. The molecule has 2 amide bonds. The molecule has 0 aromatic heterocycles. The topological polar surface area (TPSA) is 61.9 Å². The minimum atomic E-state index is -0.374. The molecule has 0 saturated carbocycles. The quantitative estimate of drug-likeness (QED) is 0.792. The van der Waals surface area contributed by atoms with Crippen LogP contribution in [0.5, 0.6) is 0 Å². The van der Waals surface area contributed by atoms with Crippen molar-refractivity contribution in [1.82, 2.24) is 15.1 Å². The normalized spacial score (nSPS) is 31.2. The predicted octanol–water partition coefficient (Wildman–Crippen LogP) is 0.182. The molecule has 0 bridgehead atoms. The van der Waals surface area contributed by atoms with E-state index in [0.29, 0.717) is 19.2 Å². The standard InChI is InChI=1S/C13H21N3O3/c17-12(9-16-7-8-19-13(16)18)14-10-3-1-5-15-6-2-4-11(10)15/h10-11H,1-9H2,(H,14,17)/t10-,11-/m0/s1. The van der Waals surface area contributed by atoms with Crippen molar-refractivity contribution in [2.45, 2.75) is 37.8 Å². The number of carbonyl (C=O) groups excluding carboxylic acids is 2. The van der Waals surface area contributed by atoms with Gasteiger partial charge in [0, 0.05) is 12.1 Å². The molecular weight excluding hydrogens is 246 g/mol. The van der Waals surface area contributed by atoms with Crippen LogP contribution in [-0.4, -0.2) is 66.7 Å². The van der Waals surface area contributed by atoms with E-state index in [2.05, 4.69) is 10.2 Å². The summed E-state index contributed by atoms with van der Waals surface area (Å²) < 4.78 is 4.82. The van der Waals surface area contributed by atoms with E-state index in [1.165, 1.54) is 17.7 Å². The van der Waals surface area contributed by atoms with Gasteiger partial charge in [0.25, 0.3) is 0 Å². The summed E-state index contributed by atoms with van der Waals surface area (Å²) in [6.07, 6.45) is 4.23. The van der Waals surface area contributed by atoms with Gasteiger partial charge in [-0.25, -0.2) is 4.79 Å². The Bertz CT molecular complexity index is 374. The van der Waals surface area contributed by atoms with Crippen molar-refractivity contribution < 1.29 is 14.3 Å². The Balaban J connectivity index is 1.52. The smallest absolute Gasteiger partial charge is 0.410 e. The maximum absolute atomic E-state index is 12.0. The fourth-order valence-corrected chi connectivity index (χ4v) is 3.46. The summed E-state index contributed by atoms with van der Waals surface area (Å²) in [4.78, 5) is 27.3. The van der Waals surface area contributed by atoms with Gasteiger partial charge in [-0.2, -0.15) is 0 Å². The van der Waals surface area contributed by atoms with Gasteiger partial charge in [0.15, 0.2) is 0 Å². The molecule has 6 heteroatoms. The average molecular weight is 267 g/mol. The SMILES string of the molecule is O=C(CN1CCOC1=O)N[C@H]1CCCN2CCC[C@@H]12. The van der Waals surface area contributed by atoms with Crippen molar-refractivity contribution in [1.29, 1.82) is 0 Å². The van der Waals surface area contributed by atoms with Crippen LogP contribution < -0.4 is 5.32 Å². The van der Waals surface area contributed by atoms with Gasteiger partial charge in [0.05, 0.1) is 6.54 Å². The molecule has 3 rings (SSSR count). The maximum Gasteiger partial charge on any atom is 0.410 e. The summed E-state index contributed by atoms with van der Waals surface area (Å²) in [5.74, 6) is -0.0578. The van der Waals surface area contributed by atoms with E-state index in [9.17, 15) is 9.59 Å². The highest BCUT2D eigenvalue weighted by atomic mass is 16.6. The van der Waals surface area contributed by atoms with Gasteiger partial charge in [0.2, 0.25) is 5.91 Å². The molecule has 3 aliphatic heterocycles. The van der Waals surface area contributed by atoms with Crippen LogP contribution in [0.4, 0.5) is 4.79 Å². The molecule has 0 aromatic carbocycles. The van der Waals surface area contributed by atoms with Crippen LogP contribution in [-0.2, 0) is 9.53 Å². The van der Waals surface area contributed by atoms with Gasteiger partial charge < -0.3 is 10.1 Å². The third-order valence-corrected chi connectivity index (χ3v) is 4.36. The third-order valence-electron chi connectivity index (χ3n) is 4.36. The number of fused-ring (bicyclic) bond motifs is 1. The number of ether oxygens (including phenoxy) is 1. The Kier molecular flexibility index (Phi) is 3.59. The molecule has 3 aliphatic rings. The lowest BCUT2D eigenvalue weighted by Gasteiger charge is -2.37. The highest BCUT2D eigenvalue weighted by molar-refractivity contribution is 5.83. The number of nitrogens with one attached hydrogen (secondary N) is 1. The van der Waals surface area contributed by atoms with Gasteiger partial charge in [-0.15, -0.1) is 0 Å². The molecule has 3 heterocycles. The van der Waals surface area contributed by atoms with Crippen LogP contribution in [0.15, 0.2) is 0 Å². The molecule has 0 unspecified atom stereocenters. The van der Waals surface area contributed by atoms with Crippen LogP contribution >= 0.6 is 0 Å². The second kappa shape index (κ2) is 5.36. The van der Waals surface area contributed by atoms with E-state index in [-0.39, 0.29) is 24.6 Å². The molecule has 3 saturated heterocycles. The van der Waals surface area contributed by atoms with Crippen molar-refractivity contribution in [2.75, 3.05) is 32.8 Å². The lowest BCUT2D eigenvalue weighted by atomic mass is 9.96. The van der Waals surface area contributed by atoms with Gasteiger partial charge in [-0.05, 0) is 38.8 Å². The predicted molar refractivity (Wildman–Crippen MR) is 68.7 cm³/mol. The number of piperidine rings is 1. The van der Waals surface area contributed by atoms with Gasteiger partial charge >= 0.3 is 6.09 Å². The van der Waals surface area contributed by atoms with Crippen LogP contribution in [0.3, 0.4) is 0 Å². The van der Waals surface area contributed by atoms with Crippen molar-refractivity contribution in [3.05, 3.63) is 0 Å². The number of rotatable bonds is 3. The molecule has 1 N–H and O–H groups in total. The lowest BCUT2D eigenvalue weighted by Crippen LogP contribution is -2.54. The molecule has 0 aliphatic carbocycles. The fraction of sp³-hybridized carbons (Fsp3) is 0.846. The van der Waals surface area contributed by atoms with Crippen LogP contribution in [0.2, 0.25) is 0 Å². The summed E-state index contributed by atoms with van der Waals surface area (Å²) in [6.45, 7) is 3.37. The number of cyclic esters (lactones) is 1. The van der Waals surface area contributed by atoms with Gasteiger partial charge in [0.1, 0.15) is 13.2 Å². The largest absolute Gasteiger partial charge is 0.448 e. The lowest BCUT2D eigenvalue weighted by molar-refractivity contribution is -0.123. The van der Waals surface area contributed by atoms with E-state index >= 15 is 0 Å². The van der Waals surface area contributed by atoms with Crippen molar-refractivity contribution in [3.8, 4) is 0 Å². The number of carbonyl (C=O) groups is 2. The van der Waals surface area contributed by atoms with Crippen molar-refractivity contribution in [2.24, 2.45) is 0 Å². The first-order valence-electron chi connectivity index (χ1n) is 7.19. The number of hydrogen-bond donors (Lipinski definition) is 1.